The van der Waals surface area contributed by atoms with Crippen LogP contribution in [0.2, 0.25) is 5.02 Å². The van der Waals surface area contributed by atoms with Gasteiger partial charge in [-0.15, -0.1) is 5.10 Å². The number of para-hydroxylation sites is 1. The Morgan fingerprint density at radius 3 is 2.81 bits per heavy atom. The summed E-state index contributed by atoms with van der Waals surface area (Å²) >= 11 is 6.25. The molecule has 0 aliphatic heterocycles. The van der Waals surface area contributed by atoms with Gasteiger partial charge in [-0.2, -0.15) is 0 Å². The van der Waals surface area contributed by atoms with Gasteiger partial charge in [0.05, 0.1) is 16.3 Å². The van der Waals surface area contributed by atoms with E-state index in [4.69, 9.17) is 11.6 Å². The SMILES string of the molecule is O=C(NCc1cc(=O)[nH]c2ccccc12)c1ccc(-n2cnnn2)cc1Cl. The minimum Gasteiger partial charge on any atom is -0.348 e. The molecule has 0 atom stereocenters. The summed E-state index contributed by atoms with van der Waals surface area (Å²) in [6.07, 6.45) is 1.43. The molecule has 2 aromatic heterocycles. The van der Waals surface area contributed by atoms with Crippen LogP contribution in [-0.2, 0) is 6.54 Å². The van der Waals surface area contributed by atoms with Gasteiger partial charge in [0.2, 0.25) is 5.56 Å². The van der Waals surface area contributed by atoms with Gasteiger partial charge in [-0.05, 0) is 40.3 Å². The number of benzene rings is 2. The highest BCUT2D eigenvalue weighted by Crippen LogP contribution is 2.20. The van der Waals surface area contributed by atoms with Crippen LogP contribution >= 0.6 is 11.6 Å². The van der Waals surface area contributed by atoms with Gasteiger partial charge in [-0.3, -0.25) is 9.59 Å². The van der Waals surface area contributed by atoms with Crippen LogP contribution in [0, 0.1) is 0 Å². The second kappa shape index (κ2) is 7.00. The molecule has 0 bridgehead atoms. The van der Waals surface area contributed by atoms with Crippen molar-refractivity contribution in [1.29, 1.82) is 0 Å². The summed E-state index contributed by atoms with van der Waals surface area (Å²) in [7, 11) is 0. The molecule has 9 heteroatoms. The Balaban J connectivity index is 1.56. The number of pyridine rings is 1. The van der Waals surface area contributed by atoms with Crippen molar-refractivity contribution in [3.8, 4) is 5.69 Å². The number of aromatic amines is 1. The highest BCUT2D eigenvalue weighted by atomic mass is 35.5. The fourth-order valence-electron chi connectivity index (χ4n) is 2.80. The van der Waals surface area contributed by atoms with Gasteiger partial charge in [0, 0.05) is 23.5 Å². The number of fused-ring (bicyclic) bond motifs is 1. The van der Waals surface area contributed by atoms with Gasteiger partial charge in [-0.25, -0.2) is 4.68 Å². The lowest BCUT2D eigenvalue weighted by Crippen LogP contribution is -2.24. The summed E-state index contributed by atoms with van der Waals surface area (Å²) in [6, 6.07) is 13.8. The van der Waals surface area contributed by atoms with E-state index in [-0.39, 0.29) is 23.0 Å². The van der Waals surface area contributed by atoms with Crippen LogP contribution in [-0.4, -0.2) is 31.1 Å². The molecule has 4 rings (SSSR count). The number of halogens is 1. The van der Waals surface area contributed by atoms with E-state index in [1.165, 1.54) is 17.1 Å². The van der Waals surface area contributed by atoms with E-state index < -0.39 is 0 Å². The largest absolute Gasteiger partial charge is 0.348 e. The summed E-state index contributed by atoms with van der Waals surface area (Å²) in [5.41, 5.74) is 2.19. The van der Waals surface area contributed by atoms with E-state index in [9.17, 15) is 9.59 Å². The summed E-state index contributed by atoms with van der Waals surface area (Å²) in [6.45, 7) is 0.203. The summed E-state index contributed by atoms with van der Waals surface area (Å²) in [5.74, 6) is -0.340. The number of hydrogen-bond donors (Lipinski definition) is 2. The van der Waals surface area contributed by atoms with Gasteiger partial charge in [0.1, 0.15) is 6.33 Å². The highest BCUT2D eigenvalue weighted by Gasteiger charge is 2.13. The van der Waals surface area contributed by atoms with Crippen LogP contribution in [0.3, 0.4) is 0 Å². The van der Waals surface area contributed by atoms with Gasteiger partial charge in [-0.1, -0.05) is 29.8 Å². The predicted octanol–water partition coefficient (Wildman–Crippen LogP) is 2.09. The fourth-order valence-corrected chi connectivity index (χ4v) is 3.06. The lowest BCUT2D eigenvalue weighted by molar-refractivity contribution is 0.0951. The van der Waals surface area contributed by atoms with E-state index in [0.717, 1.165) is 16.5 Å². The van der Waals surface area contributed by atoms with E-state index >= 15 is 0 Å². The number of nitrogens with one attached hydrogen (secondary N) is 2. The fraction of sp³-hybridized carbons (Fsp3) is 0.0556. The normalized spacial score (nSPS) is 10.9. The van der Waals surface area contributed by atoms with Gasteiger partial charge in [0.25, 0.3) is 5.91 Å². The van der Waals surface area contributed by atoms with Crippen molar-refractivity contribution in [3.63, 3.8) is 0 Å². The van der Waals surface area contributed by atoms with Crippen molar-refractivity contribution in [2.24, 2.45) is 0 Å². The first kappa shape index (κ1) is 16.9. The number of amides is 1. The number of rotatable bonds is 4. The molecule has 0 aliphatic carbocycles. The Morgan fingerprint density at radius 2 is 2.04 bits per heavy atom. The molecule has 2 aromatic carbocycles. The molecular formula is C18H13ClN6O2. The topological polar surface area (TPSA) is 106 Å². The lowest BCUT2D eigenvalue weighted by Gasteiger charge is -2.10. The molecule has 134 valence electrons. The van der Waals surface area contributed by atoms with Crippen LogP contribution in [0.5, 0.6) is 0 Å². The molecule has 2 heterocycles. The first-order valence-electron chi connectivity index (χ1n) is 8.04. The molecule has 0 saturated heterocycles. The Kier molecular flexibility index (Phi) is 4.39. The molecule has 0 saturated carbocycles. The highest BCUT2D eigenvalue weighted by molar-refractivity contribution is 6.34. The van der Waals surface area contributed by atoms with Crippen molar-refractivity contribution in [3.05, 3.63) is 81.4 Å². The van der Waals surface area contributed by atoms with Gasteiger partial charge in [0.15, 0.2) is 0 Å². The molecule has 0 aliphatic rings. The van der Waals surface area contributed by atoms with Crippen LogP contribution in [0.25, 0.3) is 16.6 Å². The van der Waals surface area contributed by atoms with E-state index in [2.05, 4.69) is 25.8 Å². The average Bonchev–Trinajstić information content (AvgIpc) is 3.20. The molecule has 8 nitrogen and oxygen atoms in total. The zero-order valence-corrected chi connectivity index (χ0v) is 14.6. The van der Waals surface area contributed by atoms with Crippen LogP contribution in [0.15, 0.2) is 59.7 Å². The van der Waals surface area contributed by atoms with E-state index in [1.807, 2.05) is 24.3 Å². The lowest BCUT2D eigenvalue weighted by atomic mass is 10.1. The monoisotopic (exact) mass is 380 g/mol. The minimum atomic E-state index is -0.340. The molecule has 0 fully saturated rings. The van der Waals surface area contributed by atoms with Crippen molar-refractivity contribution in [1.82, 2.24) is 30.5 Å². The molecule has 27 heavy (non-hydrogen) atoms. The smallest absolute Gasteiger partial charge is 0.253 e. The van der Waals surface area contributed by atoms with Crippen molar-refractivity contribution in [2.45, 2.75) is 6.54 Å². The number of carbonyl (C=O) groups is 1. The summed E-state index contributed by atoms with van der Waals surface area (Å²) < 4.78 is 1.44. The van der Waals surface area contributed by atoms with Crippen LogP contribution in [0.1, 0.15) is 15.9 Å². The maximum atomic E-state index is 12.5. The van der Waals surface area contributed by atoms with Crippen LogP contribution in [0.4, 0.5) is 0 Å². The standard InChI is InChI=1S/C18H13ClN6O2/c19-15-8-12(25-10-21-23-24-25)5-6-14(15)18(27)20-9-11-7-17(26)22-16-4-2-1-3-13(11)16/h1-8,10H,9H2,(H,20,27)(H,22,26). The quantitative estimate of drug-likeness (QED) is 0.564. The molecule has 0 spiro atoms. The van der Waals surface area contributed by atoms with Crippen molar-refractivity contribution in [2.75, 3.05) is 0 Å². The molecule has 4 aromatic rings. The number of hydrogen-bond acceptors (Lipinski definition) is 5. The van der Waals surface area contributed by atoms with E-state index in [1.54, 1.807) is 18.2 Å². The minimum absolute atomic E-state index is 0.203. The number of nitrogens with zero attached hydrogens (tertiary/aromatic N) is 4. The predicted molar refractivity (Wildman–Crippen MR) is 99.9 cm³/mol. The Labute approximate surface area is 157 Å². The Hall–Kier alpha value is -3.52. The summed E-state index contributed by atoms with van der Waals surface area (Å²) in [4.78, 5) is 27.1. The number of aromatic nitrogens is 5. The first-order chi connectivity index (χ1) is 13.1. The zero-order valence-electron chi connectivity index (χ0n) is 13.9. The second-order valence-electron chi connectivity index (χ2n) is 5.81. The molecule has 2 N–H and O–H groups in total. The van der Waals surface area contributed by atoms with Crippen LogP contribution < -0.4 is 10.9 Å². The Morgan fingerprint density at radius 1 is 1.19 bits per heavy atom. The van der Waals surface area contributed by atoms with Gasteiger partial charge >= 0.3 is 0 Å². The third kappa shape index (κ3) is 3.42. The Bertz CT molecular complexity index is 1190. The maximum absolute atomic E-state index is 12.5. The van der Waals surface area contributed by atoms with Crippen molar-refractivity contribution < 1.29 is 4.79 Å². The third-order valence-electron chi connectivity index (χ3n) is 4.09. The number of H-pyrrole nitrogens is 1. The zero-order chi connectivity index (χ0) is 18.8. The second-order valence-corrected chi connectivity index (χ2v) is 6.21. The van der Waals surface area contributed by atoms with Crippen molar-refractivity contribution >= 4 is 28.4 Å². The number of tetrazole rings is 1. The molecule has 0 radical (unpaired) electrons. The van der Waals surface area contributed by atoms with Gasteiger partial charge < -0.3 is 10.3 Å². The third-order valence-corrected chi connectivity index (χ3v) is 4.40. The first-order valence-corrected chi connectivity index (χ1v) is 8.42. The molecule has 0 unspecified atom stereocenters. The summed E-state index contributed by atoms with van der Waals surface area (Å²) in [5, 5.41) is 14.9. The molecular weight excluding hydrogens is 368 g/mol. The molecule has 1 amide bonds. The average molecular weight is 381 g/mol. The number of carbonyl (C=O) groups excluding carboxylic acids is 1. The van der Waals surface area contributed by atoms with E-state index in [0.29, 0.717) is 11.3 Å². The maximum Gasteiger partial charge on any atom is 0.253 e.